The highest BCUT2D eigenvalue weighted by molar-refractivity contribution is 6.38. The molecule has 1 saturated heterocycles. The fourth-order valence-electron chi connectivity index (χ4n) is 4.47. The largest absolute Gasteiger partial charge is 0.477 e. The molecule has 35 heavy (non-hydrogen) atoms. The molecule has 2 fully saturated rings. The van der Waals surface area contributed by atoms with Crippen LogP contribution in [0.15, 0.2) is 41.3 Å². The number of nitrogens with zero attached hydrogens (tertiary/aromatic N) is 2. The Balaban J connectivity index is 0.000000271. The van der Waals surface area contributed by atoms with E-state index in [0.29, 0.717) is 11.2 Å². The molecule has 0 spiro atoms. The first-order chi connectivity index (χ1) is 16.8. The van der Waals surface area contributed by atoms with Crippen molar-refractivity contribution >= 4 is 40.4 Å². The molecule has 2 aliphatic rings. The van der Waals surface area contributed by atoms with Gasteiger partial charge in [0.25, 0.3) is 0 Å². The van der Waals surface area contributed by atoms with Gasteiger partial charge in [-0.25, -0.2) is 9.18 Å². The fraction of sp³-hybridized carbons (Fsp3) is 0.370. The van der Waals surface area contributed by atoms with Gasteiger partial charge < -0.3 is 20.0 Å². The van der Waals surface area contributed by atoms with Gasteiger partial charge in [-0.05, 0) is 44.2 Å². The molecule has 3 aromatic rings. The van der Waals surface area contributed by atoms with Crippen LogP contribution in [0.1, 0.15) is 66.1 Å². The summed E-state index contributed by atoms with van der Waals surface area (Å²) in [4.78, 5) is 26.0. The number of aryl methyl sites for hydroxylation is 1. The van der Waals surface area contributed by atoms with Crippen molar-refractivity contribution in [2.45, 2.75) is 51.5 Å². The topological polar surface area (TPSA) is 86.4 Å². The number of pyridine rings is 1. The molecule has 0 bridgehead atoms. The van der Waals surface area contributed by atoms with E-state index in [9.17, 15) is 19.1 Å². The molecule has 1 aliphatic carbocycles. The first-order valence-electron chi connectivity index (χ1n) is 11.9. The molecular weight excluding hydrogens is 469 g/mol. The Morgan fingerprint density at radius 2 is 1.77 bits per heavy atom. The third-order valence-corrected chi connectivity index (χ3v) is 6.88. The van der Waals surface area contributed by atoms with E-state index in [0.717, 1.165) is 63.2 Å². The lowest BCUT2D eigenvalue weighted by Crippen LogP contribution is -2.26. The molecule has 1 aromatic heterocycles. The summed E-state index contributed by atoms with van der Waals surface area (Å²) in [6, 6.07) is 9.14. The lowest BCUT2D eigenvalue weighted by atomic mass is 10.1. The van der Waals surface area contributed by atoms with E-state index in [1.54, 1.807) is 4.57 Å². The summed E-state index contributed by atoms with van der Waals surface area (Å²) in [6.07, 6.45) is 8.66. The van der Waals surface area contributed by atoms with Gasteiger partial charge in [-0.15, -0.1) is 0 Å². The van der Waals surface area contributed by atoms with Crippen LogP contribution in [0.25, 0.3) is 10.9 Å². The van der Waals surface area contributed by atoms with Crippen LogP contribution in [-0.4, -0.2) is 34.9 Å². The third kappa shape index (κ3) is 5.40. The standard InChI is InChI=1S/C19H20ClFN2O3.C8H9N/c20-15-16-12(9-14(21)17(15)22-7-3-1-2-4-8-22)18(24)13(19(25)26)10-23(16)11-5-6-11;1-7-2-4-8(6-9)5-3-7/h9-11H,1-8H2,(H,25,26);2-6,9H,1H3. The van der Waals surface area contributed by atoms with Crippen LogP contribution in [0.5, 0.6) is 0 Å². The molecule has 0 unspecified atom stereocenters. The van der Waals surface area contributed by atoms with E-state index in [2.05, 4.69) is 0 Å². The maximum Gasteiger partial charge on any atom is 0.341 e. The highest BCUT2D eigenvalue weighted by Gasteiger charge is 2.30. The monoisotopic (exact) mass is 497 g/mol. The molecule has 0 radical (unpaired) electrons. The van der Waals surface area contributed by atoms with Crippen LogP contribution in [0.4, 0.5) is 10.1 Å². The van der Waals surface area contributed by atoms with E-state index in [4.69, 9.17) is 17.0 Å². The van der Waals surface area contributed by atoms with Crippen molar-refractivity contribution in [3.63, 3.8) is 0 Å². The van der Waals surface area contributed by atoms with Gasteiger partial charge in [0.2, 0.25) is 5.43 Å². The fourth-order valence-corrected chi connectivity index (χ4v) is 4.88. The number of nitrogens with one attached hydrogen (secondary N) is 1. The average molecular weight is 498 g/mol. The minimum absolute atomic E-state index is 0.0397. The molecule has 5 rings (SSSR count). The zero-order valence-corrected chi connectivity index (χ0v) is 20.4. The number of fused-ring (bicyclic) bond motifs is 1. The second-order valence-electron chi connectivity index (χ2n) is 9.19. The van der Waals surface area contributed by atoms with Crippen molar-refractivity contribution in [2.24, 2.45) is 0 Å². The van der Waals surface area contributed by atoms with Crippen LogP contribution in [-0.2, 0) is 0 Å². The summed E-state index contributed by atoms with van der Waals surface area (Å²) in [7, 11) is 0. The number of aromatic carboxylic acids is 1. The van der Waals surface area contributed by atoms with Crippen LogP contribution in [0.2, 0.25) is 5.02 Å². The van der Waals surface area contributed by atoms with Gasteiger partial charge in [0.15, 0.2) is 0 Å². The lowest BCUT2D eigenvalue weighted by Gasteiger charge is -2.26. The number of benzene rings is 2. The third-order valence-electron chi connectivity index (χ3n) is 6.52. The first-order valence-corrected chi connectivity index (χ1v) is 12.3. The number of hydrogen-bond acceptors (Lipinski definition) is 4. The number of hydrogen-bond donors (Lipinski definition) is 2. The van der Waals surface area contributed by atoms with Gasteiger partial charge in [-0.2, -0.15) is 0 Å². The van der Waals surface area contributed by atoms with E-state index < -0.39 is 17.2 Å². The number of rotatable bonds is 4. The molecule has 8 heteroatoms. The normalized spacial score (nSPS) is 15.8. The Morgan fingerprint density at radius 3 is 2.31 bits per heavy atom. The highest BCUT2D eigenvalue weighted by Crippen LogP contribution is 2.42. The number of carboxylic acid groups (broad SMARTS) is 1. The average Bonchev–Trinajstić information content (AvgIpc) is 3.69. The van der Waals surface area contributed by atoms with Crippen molar-refractivity contribution in [2.75, 3.05) is 18.0 Å². The summed E-state index contributed by atoms with van der Waals surface area (Å²) in [6.45, 7) is 3.49. The van der Waals surface area contributed by atoms with E-state index in [1.807, 2.05) is 36.1 Å². The van der Waals surface area contributed by atoms with Gasteiger partial charge >= 0.3 is 5.97 Å². The minimum Gasteiger partial charge on any atom is -0.477 e. The van der Waals surface area contributed by atoms with Gasteiger partial charge in [-0.1, -0.05) is 54.3 Å². The smallest absolute Gasteiger partial charge is 0.341 e. The second-order valence-corrected chi connectivity index (χ2v) is 9.57. The second kappa shape index (κ2) is 10.6. The van der Waals surface area contributed by atoms with Gasteiger partial charge in [0.1, 0.15) is 11.4 Å². The minimum atomic E-state index is -1.31. The summed E-state index contributed by atoms with van der Waals surface area (Å²) >= 11 is 6.63. The van der Waals surface area contributed by atoms with Gasteiger partial charge in [0.05, 0.1) is 21.6 Å². The maximum absolute atomic E-state index is 14.9. The van der Waals surface area contributed by atoms with Gasteiger partial charge in [0, 0.05) is 31.5 Å². The molecular formula is C27H29ClFN3O3. The van der Waals surface area contributed by atoms with Crippen molar-refractivity contribution in [1.29, 1.82) is 5.41 Å². The number of carboxylic acids is 1. The zero-order valence-electron chi connectivity index (χ0n) is 19.7. The Bertz CT molecular complexity index is 1310. The van der Waals surface area contributed by atoms with Crippen molar-refractivity contribution in [3.8, 4) is 0 Å². The van der Waals surface area contributed by atoms with Crippen molar-refractivity contribution in [3.05, 3.63) is 74.3 Å². The Kier molecular flexibility index (Phi) is 7.55. The predicted octanol–water partition coefficient (Wildman–Crippen LogP) is 6.20. The lowest BCUT2D eigenvalue weighted by molar-refractivity contribution is 0.0695. The van der Waals surface area contributed by atoms with Crippen molar-refractivity contribution < 1.29 is 14.3 Å². The quantitative estimate of drug-likeness (QED) is 0.420. The summed E-state index contributed by atoms with van der Waals surface area (Å²) in [5.41, 5.74) is 1.94. The Morgan fingerprint density at radius 1 is 1.14 bits per heavy atom. The summed E-state index contributed by atoms with van der Waals surface area (Å²) < 4.78 is 16.7. The van der Waals surface area contributed by atoms with Gasteiger partial charge in [-0.3, -0.25) is 4.79 Å². The first kappa shape index (κ1) is 24.9. The number of halogens is 2. The van der Waals surface area contributed by atoms with Crippen molar-refractivity contribution in [1.82, 2.24) is 4.57 Å². The molecule has 0 amide bonds. The molecule has 2 N–H and O–H groups in total. The van der Waals surface area contributed by atoms with E-state index in [-0.39, 0.29) is 22.0 Å². The van der Waals surface area contributed by atoms with Crippen LogP contribution in [0.3, 0.4) is 0 Å². The zero-order chi connectivity index (χ0) is 25.1. The van der Waals surface area contributed by atoms with E-state index >= 15 is 0 Å². The maximum atomic E-state index is 14.9. The van der Waals surface area contributed by atoms with Crippen LogP contribution < -0.4 is 10.3 Å². The molecule has 184 valence electrons. The summed E-state index contributed by atoms with van der Waals surface area (Å²) in [5, 5.41) is 16.5. The van der Waals surface area contributed by atoms with Crippen LogP contribution in [0, 0.1) is 18.2 Å². The van der Waals surface area contributed by atoms with E-state index in [1.165, 1.54) is 18.0 Å². The molecule has 0 atom stereocenters. The molecule has 1 aliphatic heterocycles. The molecule has 1 saturated carbocycles. The number of anilines is 1. The Labute approximate surface area is 208 Å². The number of carbonyl (C=O) groups is 1. The summed E-state index contributed by atoms with van der Waals surface area (Å²) in [5.74, 6) is -1.87. The predicted molar refractivity (Wildman–Crippen MR) is 138 cm³/mol. The Hall–Kier alpha value is -3.19. The molecule has 2 heterocycles. The highest BCUT2D eigenvalue weighted by atomic mass is 35.5. The molecule has 2 aromatic carbocycles. The number of aromatic nitrogens is 1. The SMILES string of the molecule is Cc1ccc(C=N)cc1.O=C(O)c1cn(C2CC2)c2c(Cl)c(N3CCCCCC3)c(F)cc2c1=O. The van der Waals surface area contributed by atoms with Crippen LogP contribution >= 0.6 is 11.6 Å². The molecule has 6 nitrogen and oxygen atoms in total.